The van der Waals surface area contributed by atoms with Crippen LogP contribution in [0.25, 0.3) is 5.65 Å². The van der Waals surface area contributed by atoms with Crippen molar-refractivity contribution in [3.63, 3.8) is 0 Å². The van der Waals surface area contributed by atoms with Crippen molar-refractivity contribution in [2.75, 3.05) is 13.1 Å². The second-order valence-electron chi connectivity index (χ2n) is 5.54. The van der Waals surface area contributed by atoms with E-state index in [0.717, 1.165) is 25.7 Å². The Balaban J connectivity index is 2.12. The minimum atomic E-state index is -3.59. The fourth-order valence-corrected chi connectivity index (χ4v) is 4.37. The number of rotatable bonds is 5. The molecule has 0 spiro atoms. The van der Waals surface area contributed by atoms with Crippen LogP contribution >= 0.6 is 0 Å². The lowest BCUT2D eigenvalue weighted by Gasteiger charge is -2.15. The Morgan fingerprint density at radius 3 is 2.68 bits per heavy atom. The molecule has 1 aliphatic rings. The Morgan fingerprint density at radius 1 is 1.27 bits per heavy atom. The molecular formula is C14H20N4O3S. The summed E-state index contributed by atoms with van der Waals surface area (Å²) < 4.78 is 29.6. The maximum absolute atomic E-state index is 12.7. The van der Waals surface area contributed by atoms with Crippen molar-refractivity contribution in [2.45, 2.75) is 44.0 Å². The van der Waals surface area contributed by atoms with Crippen LogP contribution in [0.4, 0.5) is 0 Å². The number of pyridine rings is 1. The maximum Gasteiger partial charge on any atom is 0.350 e. The van der Waals surface area contributed by atoms with E-state index in [2.05, 4.69) is 5.10 Å². The number of sulfonamides is 1. The van der Waals surface area contributed by atoms with Crippen molar-refractivity contribution in [3.05, 3.63) is 28.8 Å². The van der Waals surface area contributed by atoms with E-state index in [-0.39, 0.29) is 16.2 Å². The average molecular weight is 324 g/mol. The van der Waals surface area contributed by atoms with E-state index in [1.165, 1.54) is 19.5 Å². The van der Waals surface area contributed by atoms with Crippen LogP contribution in [0.5, 0.6) is 0 Å². The Labute approximate surface area is 129 Å². The van der Waals surface area contributed by atoms with Crippen molar-refractivity contribution in [1.82, 2.24) is 18.5 Å². The number of nitrogens with zero attached hydrogens (tertiary/aromatic N) is 4. The third-order valence-corrected chi connectivity index (χ3v) is 5.90. The van der Waals surface area contributed by atoms with Gasteiger partial charge in [0.05, 0.1) is 0 Å². The van der Waals surface area contributed by atoms with Gasteiger partial charge in [0.2, 0.25) is 10.0 Å². The molecule has 0 N–H and O–H groups in total. The number of fused-ring (bicyclic) bond motifs is 1. The van der Waals surface area contributed by atoms with E-state index in [1.54, 1.807) is 12.3 Å². The van der Waals surface area contributed by atoms with Crippen molar-refractivity contribution in [1.29, 1.82) is 0 Å². The van der Waals surface area contributed by atoms with Gasteiger partial charge in [-0.2, -0.15) is 4.31 Å². The third-order valence-electron chi connectivity index (χ3n) is 3.98. The molecule has 3 heterocycles. The summed E-state index contributed by atoms with van der Waals surface area (Å²) in [5.74, 6) is 0. The molecule has 0 radical (unpaired) electrons. The zero-order valence-corrected chi connectivity index (χ0v) is 13.4. The van der Waals surface area contributed by atoms with E-state index in [9.17, 15) is 13.2 Å². The summed E-state index contributed by atoms with van der Waals surface area (Å²) in [5.41, 5.74) is -0.0718. The topological polar surface area (TPSA) is 76.7 Å². The molecule has 0 bridgehead atoms. The smallest absolute Gasteiger partial charge is 0.249 e. The van der Waals surface area contributed by atoms with Crippen LogP contribution in [0.15, 0.2) is 28.0 Å². The molecular weight excluding hydrogens is 304 g/mol. The van der Waals surface area contributed by atoms with E-state index in [4.69, 9.17) is 0 Å². The zero-order valence-electron chi connectivity index (χ0n) is 12.6. The molecule has 3 rings (SSSR count). The van der Waals surface area contributed by atoms with Crippen molar-refractivity contribution in [2.24, 2.45) is 0 Å². The molecule has 1 aliphatic heterocycles. The first kappa shape index (κ1) is 15.2. The molecule has 0 unspecified atom stereocenters. The molecule has 0 saturated carbocycles. The van der Waals surface area contributed by atoms with Gasteiger partial charge >= 0.3 is 5.69 Å². The van der Waals surface area contributed by atoms with Gasteiger partial charge in [0, 0.05) is 25.8 Å². The molecule has 120 valence electrons. The molecule has 7 nitrogen and oxygen atoms in total. The Kier molecular flexibility index (Phi) is 4.05. The lowest BCUT2D eigenvalue weighted by Crippen LogP contribution is -2.28. The number of unbranched alkanes of at least 4 members (excludes halogenated alkanes) is 1. The summed E-state index contributed by atoms with van der Waals surface area (Å²) in [4.78, 5) is 12.4. The van der Waals surface area contributed by atoms with Gasteiger partial charge in [-0.05, 0) is 31.4 Å². The van der Waals surface area contributed by atoms with Crippen LogP contribution in [0.2, 0.25) is 0 Å². The zero-order chi connectivity index (χ0) is 15.7. The molecule has 2 aromatic heterocycles. The number of aromatic nitrogens is 3. The SMILES string of the molecule is CCCCn1nc2c(S(=O)(=O)N3CCCC3)cccn2c1=O. The van der Waals surface area contributed by atoms with Gasteiger partial charge in [-0.3, -0.25) is 0 Å². The van der Waals surface area contributed by atoms with Gasteiger partial charge in [-0.1, -0.05) is 13.3 Å². The van der Waals surface area contributed by atoms with E-state index >= 15 is 0 Å². The minimum Gasteiger partial charge on any atom is -0.249 e. The van der Waals surface area contributed by atoms with Gasteiger partial charge < -0.3 is 0 Å². The fraction of sp³-hybridized carbons (Fsp3) is 0.571. The first-order chi connectivity index (χ1) is 10.6. The van der Waals surface area contributed by atoms with Crippen LogP contribution in [-0.4, -0.2) is 40.0 Å². The fourth-order valence-electron chi connectivity index (χ4n) is 2.74. The summed E-state index contributed by atoms with van der Waals surface area (Å²) in [6.45, 7) is 3.60. The van der Waals surface area contributed by atoms with E-state index < -0.39 is 10.0 Å². The summed E-state index contributed by atoms with van der Waals surface area (Å²) in [7, 11) is -3.59. The maximum atomic E-state index is 12.7. The van der Waals surface area contributed by atoms with Crippen LogP contribution in [0.3, 0.4) is 0 Å². The lowest BCUT2D eigenvalue weighted by atomic mass is 10.3. The highest BCUT2D eigenvalue weighted by Crippen LogP contribution is 2.22. The van der Waals surface area contributed by atoms with E-state index in [0.29, 0.717) is 19.6 Å². The summed E-state index contributed by atoms with van der Waals surface area (Å²) in [6.07, 6.45) is 5.09. The van der Waals surface area contributed by atoms with Gasteiger partial charge in [0.15, 0.2) is 5.65 Å². The molecule has 1 saturated heterocycles. The standard InChI is InChI=1S/C14H20N4O3S/c1-2-3-11-18-14(19)17-10-6-7-12(13(17)15-18)22(20,21)16-8-4-5-9-16/h6-7,10H,2-5,8-9,11H2,1H3. The second-order valence-corrected chi connectivity index (χ2v) is 7.44. The highest BCUT2D eigenvalue weighted by Gasteiger charge is 2.30. The summed E-state index contributed by atoms with van der Waals surface area (Å²) in [5, 5.41) is 4.25. The second kappa shape index (κ2) is 5.85. The molecule has 0 amide bonds. The molecule has 0 atom stereocenters. The van der Waals surface area contributed by atoms with Gasteiger partial charge in [-0.25, -0.2) is 22.3 Å². The first-order valence-electron chi connectivity index (χ1n) is 7.64. The summed E-state index contributed by atoms with van der Waals surface area (Å²) >= 11 is 0. The van der Waals surface area contributed by atoms with Crippen LogP contribution < -0.4 is 5.69 Å². The monoisotopic (exact) mass is 324 g/mol. The molecule has 2 aromatic rings. The van der Waals surface area contributed by atoms with Gasteiger partial charge in [-0.15, -0.1) is 5.10 Å². The minimum absolute atomic E-state index is 0.115. The van der Waals surface area contributed by atoms with Gasteiger partial charge in [0.25, 0.3) is 0 Å². The van der Waals surface area contributed by atoms with Crippen LogP contribution in [-0.2, 0) is 16.6 Å². The van der Waals surface area contributed by atoms with Crippen molar-refractivity contribution < 1.29 is 8.42 Å². The molecule has 1 fully saturated rings. The normalized spacial score (nSPS) is 16.6. The number of hydrogen-bond donors (Lipinski definition) is 0. The predicted octanol–water partition coefficient (Wildman–Crippen LogP) is 1.08. The highest BCUT2D eigenvalue weighted by atomic mass is 32.2. The Morgan fingerprint density at radius 2 is 2.00 bits per heavy atom. The van der Waals surface area contributed by atoms with Gasteiger partial charge in [0.1, 0.15) is 4.90 Å². The molecule has 22 heavy (non-hydrogen) atoms. The third kappa shape index (κ3) is 2.46. The van der Waals surface area contributed by atoms with Crippen molar-refractivity contribution >= 4 is 15.7 Å². The largest absolute Gasteiger partial charge is 0.350 e. The highest BCUT2D eigenvalue weighted by molar-refractivity contribution is 7.89. The Hall–Kier alpha value is -1.67. The van der Waals surface area contributed by atoms with E-state index in [1.807, 2.05) is 6.92 Å². The average Bonchev–Trinajstić information content (AvgIpc) is 3.14. The summed E-state index contributed by atoms with van der Waals surface area (Å²) in [6, 6.07) is 3.11. The predicted molar refractivity (Wildman–Crippen MR) is 82.4 cm³/mol. The van der Waals surface area contributed by atoms with Crippen LogP contribution in [0.1, 0.15) is 32.6 Å². The number of hydrogen-bond acceptors (Lipinski definition) is 4. The lowest BCUT2D eigenvalue weighted by molar-refractivity contribution is 0.477. The molecule has 0 aliphatic carbocycles. The molecule has 8 heteroatoms. The quantitative estimate of drug-likeness (QED) is 0.824. The first-order valence-corrected chi connectivity index (χ1v) is 9.08. The number of aryl methyl sites for hydroxylation is 1. The molecule has 0 aromatic carbocycles. The van der Waals surface area contributed by atoms with Crippen molar-refractivity contribution in [3.8, 4) is 0 Å². The van der Waals surface area contributed by atoms with Crippen LogP contribution in [0, 0.1) is 0 Å². The Bertz CT molecular complexity index is 831.